The second-order valence-corrected chi connectivity index (χ2v) is 4.73. The van der Waals surface area contributed by atoms with Gasteiger partial charge < -0.3 is 5.11 Å². The van der Waals surface area contributed by atoms with Crippen molar-refractivity contribution in [2.75, 3.05) is 0 Å². The lowest BCUT2D eigenvalue weighted by molar-refractivity contribution is -0.143. The van der Waals surface area contributed by atoms with Gasteiger partial charge in [-0.3, -0.25) is 9.48 Å². The molecule has 0 radical (unpaired) electrons. The third kappa shape index (κ3) is 1.56. The zero-order valence-electron chi connectivity index (χ0n) is 9.21. The number of aliphatic carboxylic acids is 1. The van der Waals surface area contributed by atoms with E-state index in [0.717, 1.165) is 0 Å². The number of halogens is 5. The standard InChI is InChI=1S/C10H7F5N2O2/c11-9(12)4-1-3(4)6-7(10(13,14)15)16-17(8(6)9)2-5(18)19/h3-4H,1-2H2,(H,18,19). The van der Waals surface area contributed by atoms with E-state index in [1.165, 1.54) is 0 Å². The minimum absolute atomic E-state index is 0.0121. The second kappa shape index (κ2) is 3.26. The van der Waals surface area contributed by atoms with Gasteiger partial charge in [0.05, 0.1) is 0 Å². The Morgan fingerprint density at radius 2 is 2.11 bits per heavy atom. The van der Waals surface area contributed by atoms with E-state index in [9.17, 15) is 26.7 Å². The molecule has 0 saturated heterocycles. The van der Waals surface area contributed by atoms with Crippen LogP contribution < -0.4 is 0 Å². The Morgan fingerprint density at radius 3 is 2.63 bits per heavy atom. The van der Waals surface area contributed by atoms with Crippen LogP contribution in [0.3, 0.4) is 0 Å². The zero-order valence-corrected chi connectivity index (χ0v) is 9.21. The highest BCUT2D eigenvalue weighted by Gasteiger charge is 2.68. The Labute approximate surface area is 102 Å². The van der Waals surface area contributed by atoms with Gasteiger partial charge in [-0.15, -0.1) is 0 Å². The highest BCUT2D eigenvalue weighted by molar-refractivity contribution is 5.67. The van der Waals surface area contributed by atoms with Gasteiger partial charge in [0.25, 0.3) is 5.92 Å². The lowest BCUT2D eigenvalue weighted by atomic mass is 10.1. The summed E-state index contributed by atoms with van der Waals surface area (Å²) < 4.78 is 66.3. The van der Waals surface area contributed by atoms with Gasteiger partial charge in [-0.1, -0.05) is 0 Å². The lowest BCUT2D eigenvalue weighted by Crippen LogP contribution is -2.22. The van der Waals surface area contributed by atoms with Crippen LogP contribution in [-0.2, 0) is 23.4 Å². The number of rotatable bonds is 2. The highest BCUT2D eigenvalue weighted by atomic mass is 19.4. The van der Waals surface area contributed by atoms with Gasteiger partial charge in [-0.05, 0) is 12.3 Å². The molecule has 2 atom stereocenters. The maximum absolute atomic E-state index is 13.9. The number of hydrogen-bond acceptors (Lipinski definition) is 2. The molecule has 9 heteroatoms. The van der Waals surface area contributed by atoms with Crippen LogP contribution in [0.2, 0.25) is 0 Å². The van der Waals surface area contributed by atoms with E-state index in [0.29, 0.717) is 0 Å². The van der Waals surface area contributed by atoms with Crippen LogP contribution in [0, 0.1) is 5.92 Å². The average Bonchev–Trinajstić information content (AvgIpc) is 2.87. The van der Waals surface area contributed by atoms with Crippen LogP contribution in [0.25, 0.3) is 0 Å². The minimum atomic E-state index is -4.86. The van der Waals surface area contributed by atoms with E-state index in [1.807, 2.05) is 0 Å². The number of carboxylic acid groups (broad SMARTS) is 1. The molecule has 1 saturated carbocycles. The number of hydrogen-bond donors (Lipinski definition) is 1. The fourth-order valence-corrected chi connectivity index (χ4v) is 2.72. The van der Waals surface area contributed by atoms with Crippen molar-refractivity contribution in [2.45, 2.75) is 31.0 Å². The van der Waals surface area contributed by atoms with Crippen molar-refractivity contribution in [1.82, 2.24) is 9.78 Å². The summed E-state index contributed by atoms with van der Waals surface area (Å²) in [7, 11) is 0. The summed E-state index contributed by atoms with van der Waals surface area (Å²) in [6, 6.07) is 0. The Kier molecular flexibility index (Phi) is 2.12. The molecular formula is C10H7F5N2O2. The van der Waals surface area contributed by atoms with E-state index in [4.69, 9.17) is 5.11 Å². The SMILES string of the molecule is O=C(O)Cn1nc(C(F)(F)F)c2c1C(F)(F)C1CC21. The van der Waals surface area contributed by atoms with E-state index >= 15 is 0 Å². The molecule has 1 heterocycles. The molecule has 0 spiro atoms. The van der Waals surface area contributed by atoms with Crippen molar-refractivity contribution in [3.63, 3.8) is 0 Å². The van der Waals surface area contributed by atoms with Crippen LogP contribution in [-0.4, -0.2) is 20.9 Å². The molecule has 2 aliphatic rings. The first-order chi connectivity index (χ1) is 8.64. The molecule has 0 bridgehead atoms. The average molecular weight is 282 g/mol. The first-order valence-electron chi connectivity index (χ1n) is 5.42. The molecular weight excluding hydrogens is 275 g/mol. The predicted molar refractivity (Wildman–Crippen MR) is 49.6 cm³/mol. The molecule has 1 aromatic heterocycles. The summed E-state index contributed by atoms with van der Waals surface area (Å²) >= 11 is 0. The molecule has 0 amide bonds. The lowest BCUT2D eigenvalue weighted by Gasteiger charge is -2.14. The Morgan fingerprint density at radius 1 is 1.47 bits per heavy atom. The Hall–Kier alpha value is -1.67. The number of carbonyl (C=O) groups is 1. The molecule has 19 heavy (non-hydrogen) atoms. The quantitative estimate of drug-likeness (QED) is 0.846. The number of fused-ring (bicyclic) bond motifs is 3. The van der Waals surface area contributed by atoms with Gasteiger partial charge >= 0.3 is 12.1 Å². The second-order valence-electron chi connectivity index (χ2n) is 4.73. The van der Waals surface area contributed by atoms with Gasteiger partial charge in [0.1, 0.15) is 12.2 Å². The van der Waals surface area contributed by atoms with Gasteiger partial charge in [-0.2, -0.15) is 27.1 Å². The maximum Gasteiger partial charge on any atom is 0.435 e. The monoisotopic (exact) mass is 282 g/mol. The molecule has 3 rings (SSSR count). The van der Waals surface area contributed by atoms with Gasteiger partial charge in [0.2, 0.25) is 0 Å². The van der Waals surface area contributed by atoms with E-state index in [-0.39, 0.29) is 11.1 Å². The van der Waals surface area contributed by atoms with E-state index in [1.54, 1.807) is 0 Å². The van der Waals surface area contributed by atoms with Crippen molar-refractivity contribution in [3.8, 4) is 0 Å². The van der Waals surface area contributed by atoms with E-state index in [2.05, 4.69) is 5.10 Å². The summed E-state index contributed by atoms with van der Waals surface area (Å²) in [5, 5.41) is 11.6. The largest absolute Gasteiger partial charge is 0.480 e. The topological polar surface area (TPSA) is 55.1 Å². The smallest absolute Gasteiger partial charge is 0.435 e. The van der Waals surface area contributed by atoms with Gasteiger partial charge in [0, 0.05) is 11.5 Å². The van der Waals surface area contributed by atoms with Crippen molar-refractivity contribution in [3.05, 3.63) is 17.0 Å². The predicted octanol–water partition coefficient (Wildman–Crippen LogP) is 2.20. The molecule has 2 unspecified atom stereocenters. The molecule has 1 aromatic rings. The molecule has 1 N–H and O–H groups in total. The first-order valence-corrected chi connectivity index (χ1v) is 5.42. The molecule has 0 aliphatic heterocycles. The van der Waals surface area contributed by atoms with Gasteiger partial charge in [-0.25, -0.2) is 0 Å². The zero-order chi connectivity index (χ0) is 14.2. The maximum atomic E-state index is 13.9. The summed E-state index contributed by atoms with van der Waals surface area (Å²) in [6.45, 7) is -1.01. The van der Waals surface area contributed by atoms with Crippen LogP contribution in [0.1, 0.15) is 29.3 Å². The fourth-order valence-electron chi connectivity index (χ4n) is 2.72. The van der Waals surface area contributed by atoms with Crippen molar-refractivity contribution in [1.29, 1.82) is 0 Å². The number of carboxylic acids is 1. The van der Waals surface area contributed by atoms with Crippen LogP contribution in [0.15, 0.2) is 0 Å². The van der Waals surface area contributed by atoms with Gasteiger partial charge in [0.15, 0.2) is 5.69 Å². The third-order valence-corrected chi connectivity index (χ3v) is 3.49. The molecule has 2 aliphatic carbocycles. The molecule has 1 fully saturated rings. The number of nitrogens with zero attached hydrogens (tertiary/aromatic N) is 2. The number of aromatic nitrogens is 2. The minimum Gasteiger partial charge on any atom is -0.480 e. The third-order valence-electron chi connectivity index (χ3n) is 3.49. The molecule has 104 valence electrons. The molecule has 4 nitrogen and oxygen atoms in total. The van der Waals surface area contributed by atoms with Crippen molar-refractivity contribution < 1.29 is 31.9 Å². The van der Waals surface area contributed by atoms with Crippen LogP contribution in [0.4, 0.5) is 22.0 Å². The highest BCUT2D eigenvalue weighted by Crippen LogP contribution is 2.68. The van der Waals surface area contributed by atoms with E-state index < -0.39 is 53.4 Å². The fraction of sp³-hybridized carbons (Fsp3) is 0.600. The Bertz CT molecular complexity index is 577. The normalized spacial score (nSPS) is 27.0. The first kappa shape index (κ1) is 12.4. The van der Waals surface area contributed by atoms with Crippen molar-refractivity contribution >= 4 is 5.97 Å². The van der Waals surface area contributed by atoms with Crippen molar-refractivity contribution in [2.24, 2.45) is 5.92 Å². The summed E-state index contributed by atoms with van der Waals surface area (Å²) in [6.07, 6.45) is -4.87. The molecule has 0 aromatic carbocycles. The summed E-state index contributed by atoms with van der Waals surface area (Å²) in [5.74, 6) is -6.97. The van der Waals surface area contributed by atoms with Crippen LogP contribution in [0.5, 0.6) is 0 Å². The van der Waals surface area contributed by atoms with Crippen LogP contribution >= 0.6 is 0 Å². The number of alkyl halides is 5. The Balaban J connectivity index is 2.19. The summed E-state index contributed by atoms with van der Waals surface area (Å²) in [4.78, 5) is 10.5. The summed E-state index contributed by atoms with van der Waals surface area (Å²) in [5.41, 5.74) is -2.79.